The average molecular weight is 481 g/mol. The van der Waals surface area contributed by atoms with Crippen molar-refractivity contribution in [1.29, 1.82) is 0 Å². The zero-order valence-electron chi connectivity index (χ0n) is 21.9. The molecule has 2 nitrogen and oxygen atoms in total. The maximum atomic E-state index is 15.2. The van der Waals surface area contributed by atoms with Crippen molar-refractivity contribution >= 4 is 0 Å². The zero-order chi connectivity index (χ0) is 24.5. The van der Waals surface area contributed by atoms with Crippen molar-refractivity contribution in [2.75, 3.05) is 13.2 Å². The molecule has 0 N–H and O–H groups in total. The standard InChI is InChI=1S/C32H45FO2/c1-3-5-6-7-8-10-24-11-13-26(14-12-24)29-19-20-30(31(33)21-29)27-15-17-28(18-16-27)32-34-22-25(9-4-2)23-35-32/h15-21,24-26,32H,3-14,22-23H2,1-2H3/t24?,25-,26?,32-. The molecule has 192 valence electrons. The summed E-state index contributed by atoms with van der Waals surface area (Å²) in [6.07, 6.45) is 15.2. The van der Waals surface area contributed by atoms with E-state index in [1.54, 1.807) is 6.07 Å². The fraction of sp³-hybridized carbons (Fsp3) is 0.625. The SMILES string of the molecule is CCCCCCCC1CCC(c2ccc(-c3ccc([C@H]4OC[C@H](CCC)CO4)cc3)c(F)c2)CC1. The fourth-order valence-electron chi connectivity index (χ4n) is 5.97. The maximum absolute atomic E-state index is 15.2. The summed E-state index contributed by atoms with van der Waals surface area (Å²) >= 11 is 0. The lowest BCUT2D eigenvalue weighted by Crippen LogP contribution is -2.26. The van der Waals surface area contributed by atoms with Crippen LogP contribution in [0.15, 0.2) is 42.5 Å². The molecule has 0 spiro atoms. The van der Waals surface area contributed by atoms with E-state index in [-0.39, 0.29) is 12.1 Å². The minimum Gasteiger partial charge on any atom is -0.348 e. The Balaban J connectivity index is 1.28. The predicted octanol–water partition coefficient (Wildman–Crippen LogP) is 9.59. The van der Waals surface area contributed by atoms with Crippen molar-refractivity contribution in [3.8, 4) is 11.1 Å². The molecule has 2 aromatic carbocycles. The molecule has 0 amide bonds. The van der Waals surface area contributed by atoms with E-state index in [1.807, 2.05) is 30.3 Å². The van der Waals surface area contributed by atoms with E-state index >= 15 is 4.39 Å². The summed E-state index contributed by atoms with van der Waals surface area (Å²) in [5, 5.41) is 0. The summed E-state index contributed by atoms with van der Waals surface area (Å²) in [5.41, 5.74) is 3.76. The third-order valence-electron chi connectivity index (χ3n) is 8.18. The van der Waals surface area contributed by atoms with Gasteiger partial charge in [-0.2, -0.15) is 0 Å². The van der Waals surface area contributed by atoms with Crippen molar-refractivity contribution in [2.24, 2.45) is 11.8 Å². The van der Waals surface area contributed by atoms with Gasteiger partial charge in [0.2, 0.25) is 0 Å². The highest BCUT2D eigenvalue weighted by Crippen LogP contribution is 2.39. The molecule has 0 unspecified atom stereocenters. The van der Waals surface area contributed by atoms with E-state index in [0.717, 1.165) is 43.1 Å². The van der Waals surface area contributed by atoms with E-state index in [9.17, 15) is 0 Å². The van der Waals surface area contributed by atoms with Gasteiger partial charge in [0.05, 0.1) is 13.2 Å². The number of benzene rings is 2. The second kappa shape index (κ2) is 13.6. The van der Waals surface area contributed by atoms with Gasteiger partial charge in [-0.15, -0.1) is 0 Å². The summed E-state index contributed by atoms with van der Waals surface area (Å²) in [6.45, 7) is 5.96. The van der Waals surface area contributed by atoms with Gasteiger partial charge in [0.25, 0.3) is 0 Å². The molecule has 1 aliphatic carbocycles. The molecule has 1 aliphatic heterocycles. The van der Waals surface area contributed by atoms with Crippen molar-refractivity contribution < 1.29 is 13.9 Å². The van der Waals surface area contributed by atoms with Gasteiger partial charge in [-0.1, -0.05) is 95.2 Å². The molecule has 2 aliphatic rings. The summed E-state index contributed by atoms with van der Waals surface area (Å²) in [5.74, 6) is 1.77. The Bertz CT molecular complexity index is 877. The van der Waals surface area contributed by atoms with Crippen LogP contribution in [0.2, 0.25) is 0 Å². The van der Waals surface area contributed by atoms with E-state index in [1.165, 1.54) is 69.8 Å². The third kappa shape index (κ3) is 7.40. The van der Waals surface area contributed by atoms with Gasteiger partial charge in [-0.25, -0.2) is 4.39 Å². The van der Waals surface area contributed by atoms with Crippen molar-refractivity contribution in [3.63, 3.8) is 0 Å². The van der Waals surface area contributed by atoms with Gasteiger partial charge in [0, 0.05) is 17.0 Å². The van der Waals surface area contributed by atoms with Crippen LogP contribution in [0.1, 0.15) is 114 Å². The molecule has 1 saturated heterocycles. The predicted molar refractivity (Wildman–Crippen MR) is 143 cm³/mol. The first-order chi connectivity index (χ1) is 17.2. The van der Waals surface area contributed by atoms with Crippen molar-refractivity contribution in [2.45, 2.75) is 103 Å². The van der Waals surface area contributed by atoms with Crippen LogP contribution in [0, 0.1) is 17.7 Å². The highest BCUT2D eigenvalue weighted by atomic mass is 19.1. The molecule has 1 saturated carbocycles. The monoisotopic (exact) mass is 480 g/mol. The Morgan fingerprint density at radius 1 is 0.714 bits per heavy atom. The summed E-state index contributed by atoms with van der Waals surface area (Å²) in [6, 6.07) is 13.9. The Labute approximate surface area is 212 Å². The molecule has 0 radical (unpaired) electrons. The van der Waals surface area contributed by atoms with Crippen LogP contribution in [0.5, 0.6) is 0 Å². The third-order valence-corrected chi connectivity index (χ3v) is 8.18. The molecule has 2 fully saturated rings. The van der Waals surface area contributed by atoms with Gasteiger partial charge in [-0.3, -0.25) is 0 Å². The Morgan fingerprint density at radius 3 is 2.06 bits per heavy atom. The van der Waals surface area contributed by atoms with Gasteiger partial charge in [-0.05, 0) is 61.1 Å². The van der Waals surface area contributed by atoms with E-state index in [4.69, 9.17) is 9.47 Å². The van der Waals surface area contributed by atoms with Crippen LogP contribution in [0.3, 0.4) is 0 Å². The van der Waals surface area contributed by atoms with Crippen LogP contribution in [0.25, 0.3) is 11.1 Å². The normalized spacial score (nSPS) is 25.0. The lowest BCUT2D eigenvalue weighted by molar-refractivity contribution is -0.206. The highest BCUT2D eigenvalue weighted by Gasteiger charge is 2.24. The molecule has 0 atom stereocenters. The molecule has 4 rings (SSSR count). The van der Waals surface area contributed by atoms with Crippen molar-refractivity contribution in [1.82, 2.24) is 0 Å². The average Bonchev–Trinajstić information content (AvgIpc) is 2.90. The molecular formula is C32H45FO2. The molecule has 35 heavy (non-hydrogen) atoms. The molecular weight excluding hydrogens is 435 g/mol. The van der Waals surface area contributed by atoms with Crippen molar-refractivity contribution in [3.05, 3.63) is 59.4 Å². The van der Waals surface area contributed by atoms with Crippen LogP contribution in [-0.4, -0.2) is 13.2 Å². The van der Waals surface area contributed by atoms with Crippen LogP contribution in [-0.2, 0) is 9.47 Å². The van der Waals surface area contributed by atoms with E-state index in [0.29, 0.717) is 17.4 Å². The van der Waals surface area contributed by atoms with Gasteiger partial charge in [0.15, 0.2) is 6.29 Å². The Hall–Kier alpha value is -1.71. The second-order valence-corrected chi connectivity index (χ2v) is 10.9. The topological polar surface area (TPSA) is 18.5 Å². The number of rotatable bonds is 11. The first-order valence-corrected chi connectivity index (χ1v) is 14.3. The lowest BCUT2D eigenvalue weighted by Gasteiger charge is -2.29. The molecule has 3 heteroatoms. The van der Waals surface area contributed by atoms with Crippen LogP contribution < -0.4 is 0 Å². The van der Waals surface area contributed by atoms with Gasteiger partial charge in [0.1, 0.15) is 5.82 Å². The fourth-order valence-corrected chi connectivity index (χ4v) is 5.97. The zero-order valence-corrected chi connectivity index (χ0v) is 21.9. The number of hydrogen-bond acceptors (Lipinski definition) is 2. The molecule has 1 heterocycles. The number of ether oxygens (including phenoxy) is 2. The Morgan fingerprint density at radius 2 is 1.40 bits per heavy atom. The van der Waals surface area contributed by atoms with Crippen LogP contribution >= 0.6 is 0 Å². The molecule has 0 bridgehead atoms. The maximum Gasteiger partial charge on any atom is 0.183 e. The van der Waals surface area contributed by atoms with Gasteiger partial charge < -0.3 is 9.47 Å². The number of hydrogen-bond donors (Lipinski definition) is 0. The van der Waals surface area contributed by atoms with E-state index < -0.39 is 0 Å². The number of halogens is 1. The summed E-state index contributed by atoms with van der Waals surface area (Å²) < 4.78 is 27.0. The second-order valence-electron chi connectivity index (χ2n) is 10.9. The van der Waals surface area contributed by atoms with Crippen LogP contribution in [0.4, 0.5) is 4.39 Å². The smallest absolute Gasteiger partial charge is 0.183 e. The Kier molecular flexibility index (Phi) is 10.2. The van der Waals surface area contributed by atoms with E-state index in [2.05, 4.69) is 19.9 Å². The largest absolute Gasteiger partial charge is 0.348 e. The molecule has 2 aromatic rings. The lowest BCUT2D eigenvalue weighted by atomic mass is 9.77. The minimum absolute atomic E-state index is 0.110. The minimum atomic E-state index is -0.309. The first-order valence-electron chi connectivity index (χ1n) is 14.3. The summed E-state index contributed by atoms with van der Waals surface area (Å²) in [7, 11) is 0. The van der Waals surface area contributed by atoms with Gasteiger partial charge >= 0.3 is 0 Å². The highest BCUT2D eigenvalue weighted by molar-refractivity contribution is 5.65. The summed E-state index contributed by atoms with van der Waals surface area (Å²) in [4.78, 5) is 0. The number of unbranched alkanes of at least 4 members (excludes halogenated alkanes) is 4. The first kappa shape index (κ1) is 26.4. The quantitative estimate of drug-likeness (QED) is 0.298. The molecule has 0 aromatic heterocycles.